The zero-order valence-electron chi connectivity index (χ0n) is 16.1. The summed E-state index contributed by atoms with van der Waals surface area (Å²) in [6, 6.07) is 18.3. The first-order chi connectivity index (χ1) is 14.0. The molecule has 0 spiro atoms. The Morgan fingerprint density at radius 2 is 1.79 bits per heavy atom. The second kappa shape index (κ2) is 7.72. The Labute approximate surface area is 173 Å². The van der Waals surface area contributed by atoms with E-state index in [4.69, 9.17) is 16.0 Å². The van der Waals surface area contributed by atoms with Crippen LogP contribution in [0.15, 0.2) is 65.1 Å². The molecule has 1 atom stereocenters. The molecule has 0 amide bonds. The lowest BCUT2D eigenvalue weighted by atomic mass is 9.97. The molecule has 4 nitrogen and oxygen atoms in total. The molecule has 0 aliphatic heterocycles. The number of benzene rings is 2. The molecule has 4 aromatic rings. The van der Waals surface area contributed by atoms with E-state index >= 15 is 0 Å². The third-order valence-corrected chi connectivity index (χ3v) is 5.46. The van der Waals surface area contributed by atoms with Crippen LogP contribution in [0.1, 0.15) is 42.1 Å². The van der Waals surface area contributed by atoms with Crippen LogP contribution in [0.3, 0.4) is 0 Å². The normalized spacial score (nSPS) is 12.2. The van der Waals surface area contributed by atoms with E-state index < -0.39 is 5.97 Å². The summed E-state index contributed by atoms with van der Waals surface area (Å²) in [5.41, 5.74) is 3.22. The maximum absolute atomic E-state index is 11.6. The standard InChI is InChI=1S/C24H20ClNO3/c1-3-14(2)15-4-6-16(7-5-15)22-10-11-23(29-22)21-13-19(24(27)28)18-12-17(25)8-9-20(18)26-21/h4-14H,3H2,1-2H3,(H,27,28)/p-1/t14-/m1/s1. The molecule has 2 aromatic carbocycles. The SMILES string of the molecule is CC[C@@H](C)c1ccc(-c2ccc(-c3cc(C(=O)[O-])c4cc(Cl)ccc4n3)o2)cc1. The van der Waals surface area contributed by atoms with Crippen molar-refractivity contribution in [1.29, 1.82) is 0 Å². The molecular formula is C24H19ClNO3-. The lowest BCUT2D eigenvalue weighted by Crippen LogP contribution is -2.22. The Bertz CT molecular complexity index is 1190. The fraction of sp³-hybridized carbons (Fsp3) is 0.167. The predicted octanol–water partition coefficient (Wildman–Crippen LogP) is 5.69. The molecule has 0 saturated carbocycles. The summed E-state index contributed by atoms with van der Waals surface area (Å²) in [6.07, 6.45) is 1.09. The highest BCUT2D eigenvalue weighted by Crippen LogP contribution is 2.31. The van der Waals surface area contributed by atoms with Crippen LogP contribution in [0.4, 0.5) is 0 Å². The minimum absolute atomic E-state index is 0.0309. The monoisotopic (exact) mass is 404 g/mol. The van der Waals surface area contributed by atoms with Gasteiger partial charge in [0.05, 0.1) is 11.5 Å². The Morgan fingerprint density at radius 3 is 2.48 bits per heavy atom. The van der Waals surface area contributed by atoms with Gasteiger partial charge in [-0.1, -0.05) is 49.7 Å². The van der Waals surface area contributed by atoms with Gasteiger partial charge in [0, 0.05) is 21.5 Å². The average molecular weight is 405 g/mol. The molecule has 4 rings (SSSR count). The number of aromatic nitrogens is 1. The summed E-state index contributed by atoms with van der Waals surface area (Å²) >= 11 is 6.00. The summed E-state index contributed by atoms with van der Waals surface area (Å²) < 4.78 is 5.99. The van der Waals surface area contributed by atoms with Gasteiger partial charge >= 0.3 is 0 Å². The first kappa shape index (κ1) is 19.2. The predicted molar refractivity (Wildman–Crippen MR) is 113 cm³/mol. The molecule has 0 aliphatic rings. The van der Waals surface area contributed by atoms with E-state index in [0.29, 0.717) is 39.1 Å². The highest BCUT2D eigenvalue weighted by atomic mass is 35.5. The zero-order valence-corrected chi connectivity index (χ0v) is 16.9. The zero-order chi connectivity index (χ0) is 20.5. The lowest BCUT2D eigenvalue weighted by molar-refractivity contribution is -0.254. The van der Waals surface area contributed by atoms with Crippen molar-refractivity contribution < 1.29 is 14.3 Å². The van der Waals surface area contributed by atoms with Gasteiger partial charge < -0.3 is 14.3 Å². The number of carboxylic acid groups (broad SMARTS) is 1. The van der Waals surface area contributed by atoms with Crippen LogP contribution >= 0.6 is 11.6 Å². The molecule has 0 saturated heterocycles. The number of carbonyl (C=O) groups is 1. The van der Waals surface area contributed by atoms with Crippen molar-refractivity contribution in [3.05, 3.63) is 76.8 Å². The summed E-state index contributed by atoms with van der Waals surface area (Å²) in [7, 11) is 0. The number of hydrogen-bond acceptors (Lipinski definition) is 4. The Kier molecular flexibility index (Phi) is 5.12. The van der Waals surface area contributed by atoms with Crippen molar-refractivity contribution >= 4 is 28.5 Å². The number of nitrogens with zero attached hydrogens (tertiary/aromatic N) is 1. The molecular weight excluding hydrogens is 386 g/mol. The number of halogens is 1. The number of carbonyl (C=O) groups excluding carboxylic acids is 1. The van der Waals surface area contributed by atoms with Crippen LogP contribution in [-0.4, -0.2) is 11.0 Å². The van der Waals surface area contributed by atoms with Gasteiger partial charge in [0.2, 0.25) is 0 Å². The quantitative estimate of drug-likeness (QED) is 0.428. The van der Waals surface area contributed by atoms with Crippen LogP contribution in [0.25, 0.3) is 33.7 Å². The van der Waals surface area contributed by atoms with E-state index in [-0.39, 0.29) is 5.56 Å². The van der Waals surface area contributed by atoms with Crippen molar-refractivity contribution in [2.45, 2.75) is 26.2 Å². The number of fused-ring (bicyclic) bond motifs is 1. The average Bonchev–Trinajstić information content (AvgIpc) is 3.22. The molecule has 2 heterocycles. The minimum Gasteiger partial charge on any atom is -0.545 e. The number of aromatic carboxylic acids is 1. The summed E-state index contributed by atoms with van der Waals surface area (Å²) in [4.78, 5) is 16.2. The van der Waals surface area contributed by atoms with E-state index in [1.54, 1.807) is 24.3 Å². The van der Waals surface area contributed by atoms with Crippen LogP contribution in [-0.2, 0) is 0 Å². The molecule has 29 heavy (non-hydrogen) atoms. The summed E-state index contributed by atoms with van der Waals surface area (Å²) in [5, 5.41) is 12.5. The molecule has 2 aromatic heterocycles. The van der Waals surface area contributed by atoms with Gasteiger partial charge in [-0.05, 0) is 54.3 Å². The van der Waals surface area contributed by atoms with Crippen molar-refractivity contribution in [1.82, 2.24) is 4.98 Å². The largest absolute Gasteiger partial charge is 0.545 e. The van der Waals surface area contributed by atoms with E-state index in [0.717, 1.165) is 12.0 Å². The third-order valence-electron chi connectivity index (χ3n) is 5.23. The topological polar surface area (TPSA) is 66.2 Å². The van der Waals surface area contributed by atoms with Crippen molar-refractivity contribution in [3.8, 4) is 22.8 Å². The number of rotatable bonds is 5. The number of hydrogen-bond donors (Lipinski definition) is 0. The second-order valence-electron chi connectivity index (χ2n) is 7.10. The third kappa shape index (κ3) is 3.76. The van der Waals surface area contributed by atoms with Gasteiger partial charge in [0.25, 0.3) is 0 Å². The van der Waals surface area contributed by atoms with Crippen molar-refractivity contribution in [2.75, 3.05) is 0 Å². The minimum atomic E-state index is -1.28. The summed E-state index contributed by atoms with van der Waals surface area (Å²) in [5.74, 6) is 0.414. The van der Waals surface area contributed by atoms with Crippen LogP contribution in [0.2, 0.25) is 5.02 Å². The Hall–Kier alpha value is -3.11. The first-order valence-electron chi connectivity index (χ1n) is 9.48. The van der Waals surface area contributed by atoms with E-state index in [2.05, 4.69) is 31.0 Å². The smallest absolute Gasteiger partial charge is 0.153 e. The van der Waals surface area contributed by atoms with Gasteiger partial charge in [0.15, 0.2) is 5.76 Å². The molecule has 0 bridgehead atoms. The van der Waals surface area contributed by atoms with Gasteiger partial charge in [-0.15, -0.1) is 0 Å². The molecule has 146 valence electrons. The Balaban J connectivity index is 1.73. The highest BCUT2D eigenvalue weighted by molar-refractivity contribution is 6.31. The highest BCUT2D eigenvalue weighted by Gasteiger charge is 2.13. The van der Waals surface area contributed by atoms with Crippen LogP contribution in [0.5, 0.6) is 0 Å². The molecule has 0 fully saturated rings. The van der Waals surface area contributed by atoms with Crippen LogP contribution in [0, 0.1) is 0 Å². The van der Waals surface area contributed by atoms with Gasteiger partial charge in [0.1, 0.15) is 11.5 Å². The van der Waals surface area contributed by atoms with Crippen LogP contribution < -0.4 is 5.11 Å². The number of pyridine rings is 1. The lowest BCUT2D eigenvalue weighted by Gasteiger charge is -2.10. The molecule has 0 radical (unpaired) electrons. The van der Waals surface area contributed by atoms with Crippen molar-refractivity contribution in [3.63, 3.8) is 0 Å². The first-order valence-corrected chi connectivity index (χ1v) is 9.86. The molecule has 0 unspecified atom stereocenters. The summed E-state index contributed by atoms with van der Waals surface area (Å²) in [6.45, 7) is 4.37. The number of furan rings is 1. The maximum atomic E-state index is 11.6. The van der Waals surface area contributed by atoms with Crippen molar-refractivity contribution in [2.24, 2.45) is 0 Å². The van der Waals surface area contributed by atoms with E-state index in [1.807, 2.05) is 18.2 Å². The maximum Gasteiger partial charge on any atom is 0.153 e. The fourth-order valence-electron chi connectivity index (χ4n) is 3.34. The van der Waals surface area contributed by atoms with Gasteiger partial charge in [-0.2, -0.15) is 0 Å². The van der Waals surface area contributed by atoms with E-state index in [1.165, 1.54) is 11.6 Å². The number of carboxylic acids is 1. The second-order valence-corrected chi connectivity index (χ2v) is 7.54. The van der Waals surface area contributed by atoms with Gasteiger partial charge in [-0.3, -0.25) is 0 Å². The molecule has 0 aliphatic carbocycles. The van der Waals surface area contributed by atoms with Gasteiger partial charge in [-0.25, -0.2) is 4.98 Å². The Morgan fingerprint density at radius 1 is 1.07 bits per heavy atom. The van der Waals surface area contributed by atoms with E-state index in [9.17, 15) is 9.90 Å². The molecule has 0 N–H and O–H groups in total. The molecule has 5 heteroatoms. The fourth-order valence-corrected chi connectivity index (χ4v) is 3.51.